The van der Waals surface area contributed by atoms with Gasteiger partial charge in [0.2, 0.25) is 0 Å². The normalized spacial score (nSPS) is 20.8. The molecule has 2 aromatic rings. The average Bonchev–Trinajstić information content (AvgIpc) is 2.91. The minimum atomic E-state index is -0.695. The summed E-state index contributed by atoms with van der Waals surface area (Å²) in [6, 6.07) is 13.4. The van der Waals surface area contributed by atoms with E-state index in [0.29, 0.717) is 48.0 Å². The molecular weight excluding hydrogens is 494 g/mol. The molecule has 39 heavy (non-hydrogen) atoms. The summed E-state index contributed by atoms with van der Waals surface area (Å²) in [4.78, 5) is 32.3. The van der Waals surface area contributed by atoms with Crippen LogP contribution in [0.1, 0.15) is 76.3 Å². The van der Waals surface area contributed by atoms with Crippen LogP contribution in [0, 0.1) is 5.92 Å². The number of para-hydroxylation sites is 1. The molecule has 1 aliphatic heterocycles. The van der Waals surface area contributed by atoms with Gasteiger partial charge in [-0.1, -0.05) is 37.6 Å². The van der Waals surface area contributed by atoms with Gasteiger partial charge in [0.05, 0.1) is 26.9 Å². The number of esters is 1. The standard InChI is InChI=1S/C32H39NO6/c1-7-8-15-38-32(35)29-20(4)33-24-16-22(21-13-14-27(36-5)28(18-21)37-6)17-25(34)31(24)30(29)23-11-9-10-12-26(23)39-19(2)3/h9-14,18-19,22,29-30H,7-8,15-17H2,1-6H3/t22-,29?,30+/m1/s1. The summed E-state index contributed by atoms with van der Waals surface area (Å²) in [6.45, 7) is 8.18. The van der Waals surface area contributed by atoms with Crippen LogP contribution >= 0.6 is 0 Å². The molecule has 0 amide bonds. The molecule has 2 aliphatic rings. The van der Waals surface area contributed by atoms with E-state index in [1.54, 1.807) is 14.2 Å². The number of hydrogen-bond acceptors (Lipinski definition) is 7. The minimum Gasteiger partial charge on any atom is -0.493 e. The topological polar surface area (TPSA) is 83.4 Å². The van der Waals surface area contributed by atoms with E-state index in [1.807, 2.05) is 63.2 Å². The maximum atomic E-state index is 14.0. The number of Topliss-reactive ketones (excluding diaryl/α,β-unsaturated/α-hetero) is 1. The van der Waals surface area contributed by atoms with Crippen LogP contribution < -0.4 is 14.2 Å². The number of unbranched alkanes of at least 4 members (excludes halogenated alkanes) is 1. The zero-order valence-electron chi connectivity index (χ0n) is 23.8. The van der Waals surface area contributed by atoms with Crippen LogP contribution in [-0.4, -0.2) is 44.4 Å². The van der Waals surface area contributed by atoms with Gasteiger partial charge in [-0.3, -0.25) is 14.6 Å². The molecule has 7 heteroatoms. The first-order valence-corrected chi connectivity index (χ1v) is 13.7. The Bertz CT molecular complexity index is 1280. The highest BCUT2D eigenvalue weighted by atomic mass is 16.5. The van der Waals surface area contributed by atoms with Gasteiger partial charge in [-0.25, -0.2) is 0 Å². The van der Waals surface area contributed by atoms with E-state index in [2.05, 4.69) is 6.92 Å². The molecule has 208 valence electrons. The first-order valence-electron chi connectivity index (χ1n) is 13.7. The van der Waals surface area contributed by atoms with Crippen molar-refractivity contribution >= 4 is 17.5 Å². The minimum absolute atomic E-state index is 0.0111. The van der Waals surface area contributed by atoms with Gasteiger partial charge in [0, 0.05) is 34.9 Å². The van der Waals surface area contributed by atoms with Gasteiger partial charge in [-0.05, 0) is 63.3 Å². The van der Waals surface area contributed by atoms with Crippen LogP contribution in [0.15, 0.2) is 58.7 Å². The maximum absolute atomic E-state index is 14.0. The van der Waals surface area contributed by atoms with Gasteiger partial charge in [0.25, 0.3) is 0 Å². The van der Waals surface area contributed by atoms with E-state index in [1.165, 1.54) is 0 Å². The summed E-state index contributed by atoms with van der Waals surface area (Å²) >= 11 is 0. The van der Waals surface area contributed by atoms with E-state index >= 15 is 0 Å². The number of aliphatic imine (C=N–C) groups is 1. The molecule has 0 N–H and O–H groups in total. The van der Waals surface area contributed by atoms with Gasteiger partial charge in [-0.2, -0.15) is 0 Å². The third kappa shape index (κ3) is 6.02. The second kappa shape index (κ2) is 12.5. The number of nitrogens with zero attached hydrogens (tertiary/aromatic N) is 1. The van der Waals surface area contributed by atoms with E-state index in [-0.39, 0.29) is 23.8 Å². The van der Waals surface area contributed by atoms with Crippen molar-refractivity contribution in [3.05, 3.63) is 64.9 Å². The maximum Gasteiger partial charge on any atom is 0.315 e. The van der Waals surface area contributed by atoms with Crippen LogP contribution in [0.4, 0.5) is 0 Å². The molecule has 1 unspecified atom stereocenters. The molecule has 7 nitrogen and oxygen atoms in total. The molecule has 0 spiro atoms. The second-order valence-corrected chi connectivity index (χ2v) is 10.4. The average molecular weight is 534 g/mol. The summed E-state index contributed by atoms with van der Waals surface area (Å²) in [5.74, 6) is 0.278. The van der Waals surface area contributed by atoms with Crippen LogP contribution in [0.25, 0.3) is 0 Å². The Labute approximate surface area is 231 Å². The number of rotatable bonds is 10. The van der Waals surface area contributed by atoms with E-state index in [9.17, 15) is 9.59 Å². The second-order valence-electron chi connectivity index (χ2n) is 10.4. The largest absolute Gasteiger partial charge is 0.493 e. The Kier molecular flexibility index (Phi) is 9.10. The van der Waals surface area contributed by atoms with E-state index < -0.39 is 11.8 Å². The van der Waals surface area contributed by atoms with Crippen LogP contribution in [0.2, 0.25) is 0 Å². The molecule has 1 aliphatic carbocycles. The number of ketones is 1. The van der Waals surface area contributed by atoms with Crippen molar-refractivity contribution in [3.8, 4) is 17.2 Å². The van der Waals surface area contributed by atoms with Crippen molar-refractivity contribution in [2.45, 2.75) is 71.3 Å². The molecule has 0 aromatic heterocycles. The highest BCUT2D eigenvalue weighted by Gasteiger charge is 2.45. The van der Waals surface area contributed by atoms with Crippen molar-refractivity contribution in [2.24, 2.45) is 10.9 Å². The predicted molar refractivity (Wildman–Crippen MR) is 151 cm³/mol. The first kappa shape index (κ1) is 28.4. The number of ether oxygens (including phenoxy) is 4. The molecule has 4 rings (SSSR count). The Morgan fingerprint density at radius 2 is 1.77 bits per heavy atom. The van der Waals surface area contributed by atoms with E-state index in [0.717, 1.165) is 29.7 Å². The smallest absolute Gasteiger partial charge is 0.315 e. The Balaban J connectivity index is 1.79. The summed E-state index contributed by atoms with van der Waals surface area (Å²) in [6.07, 6.45) is 2.53. The molecule has 2 aromatic carbocycles. The molecule has 3 atom stereocenters. The molecule has 1 heterocycles. The number of carbonyl (C=O) groups is 2. The zero-order chi connectivity index (χ0) is 28.1. The third-order valence-electron chi connectivity index (χ3n) is 7.38. The van der Waals surface area contributed by atoms with Crippen LogP contribution in [0.5, 0.6) is 17.2 Å². The van der Waals surface area contributed by atoms with Gasteiger partial charge in [0.1, 0.15) is 11.7 Å². The molecule has 0 radical (unpaired) electrons. The lowest BCUT2D eigenvalue weighted by molar-refractivity contribution is -0.146. The predicted octanol–water partition coefficient (Wildman–Crippen LogP) is 6.41. The fourth-order valence-electron chi connectivity index (χ4n) is 5.55. The lowest BCUT2D eigenvalue weighted by Gasteiger charge is -2.37. The summed E-state index contributed by atoms with van der Waals surface area (Å²) in [5, 5.41) is 0. The number of methoxy groups -OCH3 is 2. The fourth-order valence-corrected chi connectivity index (χ4v) is 5.55. The van der Waals surface area contributed by atoms with Crippen molar-refractivity contribution in [3.63, 3.8) is 0 Å². The van der Waals surface area contributed by atoms with Gasteiger partial charge in [-0.15, -0.1) is 0 Å². The van der Waals surface area contributed by atoms with Gasteiger partial charge in [0.15, 0.2) is 17.3 Å². The highest BCUT2D eigenvalue weighted by molar-refractivity contribution is 6.09. The fraction of sp³-hybridized carbons (Fsp3) is 0.469. The summed E-state index contributed by atoms with van der Waals surface area (Å²) in [7, 11) is 3.20. The summed E-state index contributed by atoms with van der Waals surface area (Å²) < 4.78 is 22.8. The Morgan fingerprint density at radius 3 is 2.46 bits per heavy atom. The number of carbonyl (C=O) groups excluding carboxylic acids is 2. The molecular formula is C32H39NO6. The van der Waals surface area contributed by atoms with Crippen molar-refractivity contribution < 1.29 is 28.5 Å². The molecule has 0 bridgehead atoms. The quantitative estimate of drug-likeness (QED) is 0.259. The van der Waals surface area contributed by atoms with Gasteiger partial charge >= 0.3 is 5.97 Å². The van der Waals surface area contributed by atoms with Crippen molar-refractivity contribution in [1.29, 1.82) is 0 Å². The SMILES string of the molecule is CCCCOC(=O)C1C(C)=NC2=C(C(=O)C[C@H](c3ccc(OC)c(OC)c3)C2)[C@H]1c1ccccc1OC(C)C. The molecule has 0 saturated heterocycles. The van der Waals surface area contributed by atoms with Crippen LogP contribution in [-0.2, 0) is 14.3 Å². The Morgan fingerprint density at radius 1 is 1.03 bits per heavy atom. The van der Waals surface area contributed by atoms with Crippen LogP contribution in [0.3, 0.4) is 0 Å². The number of benzene rings is 2. The Hall–Kier alpha value is -3.61. The van der Waals surface area contributed by atoms with Crippen molar-refractivity contribution in [2.75, 3.05) is 20.8 Å². The monoisotopic (exact) mass is 533 g/mol. The highest BCUT2D eigenvalue weighted by Crippen LogP contribution is 2.49. The van der Waals surface area contributed by atoms with E-state index in [4.69, 9.17) is 23.9 Å². The molecule has 0 saturated carbocycles. The number of allylic oxidation sites excluding steroid dienone is 2. The lowest BCUT2D eigenvalue weighted by atomic mass is 9.69. The summed E-state index contributed by atoms with van der Waals surface area (Å²) in [5.41, 5.74) is 3.77. The number of hydrogen-bond donors (Lipinski definition) is 0. The first-order chi connectivity index (χ1) is 18.8. The van der Waals surface area contributed by atoms with Crippen molar-refractivity contribution in [1.82, 2.24) is 0 Å². The zero-order valence-corrected chi connectivity index (χ0v) is 23.8. The molecule has 0 fully saturated rings. The third-order valence-corrected chi connectivity index (χ3v) is 7.38. The lowest BCUT2D eigenvalue weighted by Crippen LogP contribution is -2.38. The van der Waals surface area contributed by atoms with Gasteiger partial charge < -0.3 is 18.9 Å².